The Hall–Kier alpha value is -1.75. The van der Waals surface area contributed by atoms with Crippen molar-refractivity contribution in [2.45, 2.75) is 25.7 Å². The zero-order valence-electron chi connectivity index (χ0n) is 12.0. The van der Waals surface area contributed by atoms with Gasteiger partial charge in [0.1, 0.15) is 6.10 Å². The maximum absolute atomic E-state index is 12.2. The minimum absolute atomic E-state index is 0.0263. The lowest BCUT2D eigenvalue weighted by Crippen LogP contribution is -2.55. The molecule has 2 rings (SSSR count). The summed E-state index contributed by atoms with van der Waals surface area (Å²) in [5.41, 5.74) is -2.45. The lowest BCUT2D eigenvalue weighted by atomic mass is 10.5. The highest BCUT2D eigenvalue weighted by molar-refractivity contribution is 4.79. The summed E-state index contributed by atoms with van der Waals surface area (Å²) in [6.45, 7) is -0.155. The lowest BCUT2D eigenvalue weighted by molar-refractivity contribution is 0.107. The van der Waals surface area contributed by atoms with Crippen LogP contribution in [0.15, 0.2) is 14.4 Å². The number of nitrogens with zero attached hydrogens (tertiary/aromatic N) is 3. The summed E-state index contributed by atoms with van der Waals surface area (Å²) in [4.78, 5) is 36.3. The Morgan fingerprint density at radius 2 is 1.41 bits per heavy atom. The van der Waals surface area contributed by atoms with E-state index in [1.54, 1.807) is 0 Å². The molecule has 0 aliphatic carbocycles. The maximum Gasteiger partial charge on any atom is 0.336 e. The topological polar surface area (TPSA) is 128 Å². The summed E-state index contributed by atoms with van der Waals surface area (Å²) in [7, 11) is 0. The molecule has 124 valence electrons. The van der Waals surface area contributed by atoms with Crippen LogP contribution in [0.3, 0.4) is 0 Å². The van der Waals surface area contributed by atoms with Crippen molar-refractivity contribution in [1.29, 1.82) is 0 Å². The van der Waals surface area contributed by atoms with E-state index in [0.29, 0.717) is 13.2 Å². The molecule has 0 amide bonds. The van der Waals surface area contributed by atoms with Gasteiger partial charge in [0.2, 0.25) is 0 Å². The van der Waals surface area contributed by atoms with Crippen molar-refractivity contribution in [1.82, 2.24) is 13.7 Å². The van der Waals surface area contributed by atoms with Crippen molar-refractivity contribution in [3.05, 3.63) is 31.5 Å². The van der Waals surface area contributed by atoms with Crippen LogP contribution in [0.1, 0.15) is 0 Å². The van der Waals surface area contributed by atoms with E-state index in [2.05, 4.69) is 0 Å². The second-order valence-corrected chi connectivity index (χ2v) is 4.78. The van der Waals surface area contributed by atoms with Crippen LogP contribution >= 0.6 is 0 Å². The minimum atomic E-state index is -0.846. The zero-order valence-corrected chi connectivity index (χ0v) is 12.0. The molecule has 2 N–H and O–H groups in total. The molecule has 22 heavy (non-hydrogen) atoms. The summed E-state index contributed by atoms with van der Waals surface area (Å²) in [5, 5.41) is 17.9. The first-order valence-electron chi connectivity index (χ1n) is 6.95. The normalized spacial score (nSPS) is 16.9. The highest BCUT2D eigenvalue weighted by Crippen LogP contribution is 2.07. The van der Waals surface area contributed by atoms with Crippen molar-refractivity contribution in [3.8, 4) is 0 Å². The number of aliphatic hydroxyl groups is 2. The van der Waals surface area contributed by atoms with Gasteiger partial charge < -0.3 is 19.7 Å². The molecule has 0 bridgehead atoms. The van der Waals surface area contributed by atoms with Gasteiger partial charge in [-0.25, -0.2) is 28.1 Å². The van der Waals surface area contributed by atoms with Crippen LogP contribution in [-0.2, 0) is 29.1 Å². The Bertz CT molecular complexity index is 627. The molecule has 1 atom stereocenters. The number of hydrogen-bond acceptors (Lipinski definition) is 7. The van der Waals surface area contributed by atoms with Gasteiger partial charge in [-0.05, 0) is 0 Å². The van der Waals surface area contributed by atoms with Crippen molar-refractivity contribution in [2.24, 2.45) is 0 Å². The monoisotopic (exact) mass is 317 g/mol. The smallest absolute Gasteiger partial charge is 0.336 e. The van der Waals surface area contributed by atoms with E-state index in [4.69, 9.17) is 19.7 Å². The van der Waals surface area contributed by atoms with Gasteiger partial charge in [-0.2, -0.15) is 0 Å². The average Bonchev–Trinajstić information content (AvgIpc) is 3.31. The van der Waals surface area contributed by atoms with Gasteiger partial charge in [-0.15, -0.1) is 0 Å². The molecule has 0 radical (unpaired) electrons. The molecular weight excluding hydrogens is 298 g/mol. The fourth-order valence-electron chi connectivity index (χ4n) is 1.99. The number of epoxide rings is 1. The number of hydrogen-bond donors (Lipinski definition) is 2. The van der Waals surface area contributed by atoms with Gasteiger partial charge in [0.25, 0.3) is 0 Å². The van der Waals surface area contributed by atoms with Crippen LogP contribution in [-0.4, -0.2) is 63.1 Å². The van der Waals surface area contributed by atoms with Crippen LogP contribution in [0.4, 0.5) is 0 Å². The largest absolute Gasteiger partial charge is 0.395 e. The number of ether oxygens (including phenoxy) is 2. The van der Waals surface area contributed by atoms with Gasteiger partial charge in [0.05, 0.1) is 52.7 Å². The Morgan fingerprint density at radius 1 is 0.955 bits per heavy atom. The van der Waals surface area contributed by atoms with Gasteiger partial charge >= 0.3 is 17.1 Å². The fourth-order valence-corrected chi connectivity index (χ4v) is 1.99. The predicted octanol–water partition coefficient (Wildman–Crippen LogP) is -3.43. The third-order valence-electron chi connectivity index (χ3n) is 3.20. The molecule has 0 aromatic carbocycles. The number of rotatable bonds is 9. The van der Waals surface area contributed by atoms with E-state index in [1.165, 1.54) is 0 Å². The van der Waals surface area contributed by atoms with Crippen LogP contribution < -0.4 is 17.1 Å². The van der Waals surface area contributed by atoms with Gasteiger partial charge in [-0.3, -0.25) is 0 Å². The van der Waals surface area contributed by atoms with Crippen LogP contribution in [0.25, 0.3) is 0 Å². The summed E-state index contributed by atoms with van der Waals surface area (Å²) in [6, 6.07) is 0. The fraction of sp³-hybridized carbons (Fsp3) is 0.750. The highest BCUT2D eigenvalue weighted by Gasteiger charge is 2.22. The molecule has 10 nitrogen and oxygen atoms in total. The van der Waals surface area contributed by atoms with E-state index in [0.717, 1.165) is 13.7 Å². The Labute approximate surface area is 124 Å². The first-order chi connectivity index (χ1) is 10.6. The van der Waals surface area contributed by atoms with Crippen LogP contribution in [0.5, 0.6) is 0 Å². The van der Waals surface area contributed by atoms with Crippen molar-refractivity contribution >= 4 is 0 Å². The van der Waals surface area contributed by atoms with E-state index >= 15 is 0 Å². The molecular formula is C12H19N3O7. The summed E-state index contributed by atoms with van der Waals surface area (Å²) in [5.74, 6) is 0. The second-order valence-electron chi connectivity index (χ2n) is 4.78. The summed E-state index contributed by atoms with van der Waals surface area (Å²) < 4.78 is 12.6. The quantitative estimate of drug-likeness (QED) is 0.358. The molecule has 2 heterocycles. The molecule has 1 aliphatic rings. The average molecular weight is 317 g/mol. The Kier molecular flexibility index (Phi) is 5.66. The van der Waals surface area contributed by atoms with Gasteiger partial charge in [-0.1, -0.05) is 0 Å². The minimum Gasteiger partial charge on any atom is -0.395 e. The highest BCUT2D eigenvalue weighted by atomic mass is 16.6. The first-order valence-corrected chi connectivity index (χ1v) is 6.95. The summed E-state index contributed by atoms with van der Waals surface area (Å²) in [6.07, 6.45) is 0.0751. The SMILES string of the molecule is O=c1n(CCO)c(=O)n(CCOC[C@@H]2CO2)c(=O)n1CCO. The number of aromatic nitrogens is 3. The van der Waals surface area contributed by atoms with Crippen molar-refractivity contribution < 1.29 is 19.7 Å². The van der Waals surface area contributed by atoms with Crippen LogP contribution in [0, 0.1) is 0 Å². The molecule has 1 saturated heterocycles. The van der Waals surface area contributed by atoms with Gasteiger partial charge in [0, 0.05) is 0 Å². The maximum atomic E-state index is 12.2. The molecule has 1 aromatic heterocycles. The standard InChI is InChI=1S/C12H19N3O7/c16-4-1-13-10(18)14(2-5-17)12(20)15(11(13)19)3-6-21-7-9-8-22-9/h9,16-17H,1-8H2/t9-/m1/s1. The molecule has 1 aromatic rings. The molecule has 1 fully saturated rings. The van der Waals surface area contributed by atoms with E-state index in [9.17, 15) is 14.4 Å². The van der Waals surface area contributed by atoms with Crippen molar-refractivity contribution in [2.75, 3.05) is 33.0 Å². The molecule has 0 spiro atoms. The molecule has 10 heteroatoms. The van der Waals surface area contributed by atoms with Crippen LogP contribution in [0.2, 0.25) is 0 Å². The molecule has 0 saturated carbocycles. The third kappa shape index (κ3) is 3.71. The second kappa shape index (κ2) is 7.49. The number of aliphatic hydroxyl groups excluding tert-OH is 2. The Balaban J connectivity index is 2.26. The van der Waals surface area contributed by atoms with E-state index < -0.39 is 30.3 Å². The van der Waals surface area contributed by atoms with Gasteiger partial charge in [0.15, 0.2) is 0 Å². The van der Waals surface area contributed by atoms with Crippen molar-refractivity contribution in [3.63, 3.8) is 0 Å². The van der Waals surface area contributed by atoms with E-state index in [-0.39, 0.29) is 32.3 Å². The molecule has 0 unspecified atom stereocenters. The molecule has 1 aliphatic heterocycles. The van der Waals surface area contributed by atoms with E-state index in [1.807, 2.05) is 0 Å². The first kappa shape index (κ1) is 16.6. The lowest BCUT2D eigenvalue weighted by Gasteiger charge is -2.12. The third-order valence-corrected chi connectivity index (χ3v) is 3.20. The Morgan fingerprint density at radius 3 is 1.82 bits per heavy atom. The predicted molar refractivity (Wildman–Crippen MR) is 74.0 cm³/mol. The summed E-state index contributed by atoms with van der Waals surface area (Å²) >= 11 is 0. The zero-order chi connectivity index (χ0) is 16.1.